The predicted octanol–water partition coefficient (Wildman–Crippen LogP) is 2.73. The Hall–Kier alpha value is -1.92. The lowest BCUT2D eigenvalue weighted by Gasteiger charge is -2.23. The van der Waals surface area contributed by atoms with Gasteiger partial charge in [0.1, 0.15) is 5.60 Å². The van der Waals surface area contributed by atoms with E-state index in [2.05, 4.69) is 16.2 Å². The van der Waals surface area contributed by atoms with E-state index < -0.39 is 17.7 Å². The fraction of sp³-hybridized carbons (Fsp3) is 0.600. The Morgan fingerprint density at radius 2 is 1.81 bits per heavy atom. The first-order chi connectivity index (χ1) is 12.3. The summed E-state index contributed by atoms with van der Waals surface area (Å²) in [6.45, 7) is 5.55. The minimum atomic E-state index is -0.634. The van der Waals surface area contributed by atoms with Crippen molar-refractivity contribution in [3.63, 3.8) is 0 Å². The maximum Gasteiger partial charge on any atom is 0.408 e. The van der Waals surface area contributed by atoms with Crippen LogP contribution >= 0.6 is 0 Å². The van der Waals surface area contributed by atoms with Crippen LogP contribution in [-0.4, -0.2) is 36.1 Å². The number of rotatable bonds is 8. The Labute approximate surface area is 156 Å². The number of alkyl carbamates (subject to hydrolysis) is 1. The van der Waals surface area contributed by atoms with Crippen molar-refractivity contribution in [1.82, 2.24) is 16.2 Å². The van der Waals surface area contributed by atoms with Gasteiger partial charge < -0.3 is 10.1 Å². The summed E-state index contributed by atoms with van der Waals surface area (Å²) < 4.78 is 5.30. The molecule has 1 unspecified atom stereocenters. The molecule has 144 valence electrons. The van der Waals surface area contributed by atoms with Crippen molar-refractivity contribution in [1.29, 1.82) is 0 Å². The molecule has 6 nitrogen and oxygen atoms in total. The van der Waals surface area contributed by atoms with Gasteiger partial charge in [-0.3, -0.25) is 15.6 Å². The summed E-state index contributed by atoms with van der Waals surface area (Å²) in [5.74, 6) is -0.0785. The van der Waals surface area contributed by atoms with Gasteiger partial charge in [-0.25, -0.2) is 4.79 Å². The van der Waals surface area contributed by atoms with Gasteiger partial charge in [0, 0.05) is 6.04 Å². The summed E-state index contributed by atoms with van der Waals surface area (Å²) in [4.78, 5) is 24.8. The highest BCUT2D eigenvalue weighted by Crippen LogP contribution is 2.16. The van der Waals surface area contributed by atoms with Gasteiger partial charge in [0.05, 0.1) is 12.6 Å². The van der Waals surface area contributed by atoms with Gasteiger partial charge in [0.15, 0.2) is 5.78 Å². The Morgan fingerprint density at radius 3 is 2.42 bits per heavy atom. The maximum absolute atomic E-state index is 12.6. The largest absolute Gasteiger partial charge is 0.444 e. The number of amides is 1. The van der Waals surface area contributed by atoms with Crippen LogP contribution in [0, 0.1) is 0 Å². The lowest BCUT2D eigenvalue weighted by Crippen LogP contribution is -2.50. The third kappa shape index (κ3) is 7.54. The van der Waals surface area contributed by atoms with Crippen molar-refractivity contribution >= 4 is 11.9 Å². The number of carbonyl (C=O) groups excluding carboxylic acids is 2. The molecule has 6 heteroatoms. The predicted molar refractivity (Wildman–Crippen MR) is 102 cm³/mol. The SMILES string of the molecule is CC(C)(C)OC(=O)NC(Cc1ccccc1)C(=O)CNNC1CCCC1. The van der Waals surface area contributed by atoms with Gasteiger partial charge in [0.2, 0.25) is 0 Å². The number of hydrogen-bond donors (Lipinski definition) is 3. The van der Waals surface area contributed by atoms with E-state index in [1.54, 1.807) is 20.8 Å². The standard InChI is InChI=1S/C20H31N3O3/c1-20(2,3)26-19(25)22-17(13-15-9-5-4-6-10-15)18(24)14-21-23-16-11-7-8-12-16/h4-6,9-10,16-17,21,23H,7-8,11-14H2,1-3H3,(H,22,25). The molecule has 0 spiro atoms. The van der Waals surface area contributed by atoms with Crippen LogP contribution in [0.2, 0.25) is 0 Å². The van der Waals surface area contributed by atoms with Crippen molar-refractivity contribution < 1.29 is 14.3 Å². The van der Waals surface area contributed by atoms with Crippen molar-refractivity contribution in [2.75, 3.05) is 6.54 Å². The Kier molecular flexibility index (Phi) is 7.60. The van der Waals surface area contributed by atoms with E-state index in [0.29, 0.717) is 12.5 Å². The van der Waals surface area contributed by atoms with Crippen LogP contribution in [-0.2, 0) is 16.0 Å². The average molecular weight is 361 g/mol. The Morgan fingerprint density at radius 1 is 1.15 bits per heavy atom. The first-order valence-corrected chi connectivity index (χ1v) is 9.38. The molecule has 3 N–H and O–H groups in total. The smallest absolute Gasteiger partial charge is 0.408 e. The molecule has 1 atom stereocenters. The molecule has 0 heterocycles. The van der Waals surface area contributed by atoms with Crippen LogP contribution in [0.4, 0.5) is 4.79 Å². The number of ether oxygens (including phenoxy) is 1. The molecule has 1 aromatic carbocycles. The quantitative estimate of drug-likeness (QED) is 0.621. The number of ketones is 1. The molecule has 0 saturated heterocycles. The van der Waals surface area contributed by atoms with E-state index in [4.69, 9.17) is 4.74 Å². The first-order valence-electron chi connectivity index (χ1n) is 9.38. The highest BCUT2D eigenvalue weighted by Gasteiger charge is 2.24. The van der Waals surface area contributed by atoms with E-state index in [9.17, 15) is 9.59 Å². The van der Waals surface area contributed by atoms with Crippen molar-refractivity contribution in [3.05, 3.63) is 35.9 Å². The van der Waals surface area contributed by atoms with Crippen LogP contribution in [0.1, 0.15) is 52.0 Å². The molecule has 1 aliphatic carbocycles. The topological polar surface area (TPSA) is 79.5 Å². The summed E-state index contributed by atoms with van der Waals surface area (Å²) in [5, 5.41) is 2.72. The summed E-state index contributed by atoms with van der Waals surface area (Å²) in [7, 11) is 0. The highest BCUT2D eigenvalue weighted by molar-refractivity contribution is 5.89. The van der Waals surface area contributed by atoms with E-state index in [1.165, 1.54) is 12.8 Å². The van der Waals surface area contributed by atoms with E-state index in [-0.39, 0.29) is 12.3 Å². The zero-order chi connectivity index (χ0) is 19.0. The number of hydrogen-bond acceptors (Lipinski definition) is 5. The third-order valence-electron chi connectivity index (χ3n) is 4.29. The van der Waals surface area contributed by atoms with Crippen LogP contribution in [0.15, 0.2) is 30.3 Å². The molecule has 1 saturated carbocycles. The zero-order valence-electron chi connectivity index (χ0n) is 16.0. The van der Waals surface area contributed by atoms with Gasteiger partial charge in [0.25, 0.3) is 0 Å². The minimum absolute atomic E-state index is 0.0785. The molecule has 26 heavy (non-hydrogen) atoms. The minimum Gasteiger partial charge on any atom is -0.444 e. The number of carbonyl (C=O) groups is 2. The Balaban J connectivity index is 1.91. The molecule has 1 aromatic rings. The Bertz CT molecular complexity index is 578. The molecule has 0 aromatic heterocycles. The fourth-order valence-corrected chi connectivity index (χ4v) is 3.02. The van der Waals surface area contributed by atoms with Gasteiger partial charge in [-0.15, -0.1) is 0 Å². The summed E-state index contributed by atoms with van der Waals surface area (Å²) >= 11 is 0. The molecule has 1 amide bonds. The molecular weight excluding hydrogens is 330 g/mol. The van der Waals surface area contributed by atoms with Crippen molar-refractivity contribution in [2.24, 2.45) is 0 Å². The zero-order valence-corrected chi connectivity index (χ0v) is 16.0. The van der Waals surface area contributed by atoms with Crippen LogP contribution < -0.4 is 16.2 Å². The van der Waals surface area contributed by atoms with E-state index in [0.717, 1.165) is 18.4 Å². The van der Waals surface area contributed by atoms with Crippen LogP contribution in [0.5, 0.6) is 0 Å². The summed E-state index contributed by atoms with van der Waals surface area (Å²) in [5.41, 5.74) is 6.62. The van der Waals surface area contributed by atoms with Gasteiger partial charge >= 0.3 is 6.09 Å². The molecule has 2 rings (SSSR count). The maximum atomic E-state index is 12.6. The molecule has 0 aliphatic heterocycles. The molecule has 0 bridgehead atoms. The van der Waals surface area contributed by atoms with Crippen LogP contribution in [0.3, 0.4) is 0 Å². The lowest BCUT2D eigenvalue weighted by atomic mass is 10.0. The van der Waals surface area contributed by atoms with Gasteiger partial charge in [-0.2, -0.15) is 0 Å². The second-order valence-corrected chi connectivity index (χ2v) is 7.83. The van der Waals surface area contributed by atoms with Crippen molar-refractivity contribution in [3.8, 4) is 0 Å². The summed E-state index contributed by atoms with van der Waals surface area (Å²) in [6, 6.07) is 9.45. The first kappa shape index (κ1) is 20.4. The van der Waals surface area contributed by atoms with E-state index in [1.807, 2.05) is 30.3 Å². The lowest BCUT2D eigenvalue weighted by molar-refractivity contribution is -0.120. The molecule has 0 radical (unpaired) electrons. The van der Waals surface area contributed by atoms with Crippen LogP contribution in [0.25, 0.3) is 0 Å². The number of Topliss-reactive ketones (excluding diaryl/α,β-unsaturated/α-hetero) is 1. The second-order valence-electron chi connectivity index (χ2n) is 7.83. The second kappa shape index (κ2) is 9.69. The fourth-order valence-electron chi connectivity index (χ4n) is 3.02. The molecule has 1 fully saturated rings. The number of benzene rings is 1. The summed E-state index contributed by atoms with van der Waals surface area (Å²) in [6.07, 6.45) is 4.57. The number of hydrazine groups is 1. The average Bonchev–Trinajstić information content (AvgIpc) is 3.06. The van der Waals surface area contributed by atoms with E-state index >= 15 is 0 Å². The van der Waals surface area contributed by atoms with Gasteiger partial charge in [-0.05, 0) is 45.6 Å². The van der Waals surface area contributed by atoms with Gasteiger partial charge in [-0.1, -0.05) is 43.2 Å². The van der Waals surface area contributed by atoms with Crippen molar-refractivity contribution in [2.45, 2.75) is 70.6 Å². The molecule has 1 aliphatic rings. The highest BCUT2D eigenvalue weighted by atomic mass is 16.6. The third-order valence-corrected chi connectivity index (χ3v) is 4.29. The monoisotopic (exact) mass is 361 g/mol. The number of nitrogens with one attached hydrogen (secondary N) is 3. The normalized spacial score (nSPS) is 16.3. The molecular formula is C20H31N3O3.